The van der Waals surface area contributed by atoms with Gasteiger partial charge in [-0.1, -0.05) is 26.9 Å². The summed E-state index contributed by atoms with van der Waals surface area (Å²) in [5.74, 6) is 0.626. The van der Waals surface area contributed by atoms with Gasteiger partial charge in [0.05, 0.1) is 6.61 Å². The van der Waals surface area contributed by atoms with Gasteiger partial charge in [0.2, 0.25) is 0 Å². The number of hydrogen-bond donors (Lipinski definition) is 1. The molecule has 0 saturated carbocycles. The molecule has 31 heavy (non-hydrogen) atoms. The lowest BCUT2D eigenvalue weighted by atomic mass is 10.0. The second-order valence-electron chi connectivity index (χ2n) is 8.19. The maximum atomic E-state index is 12.3. The lowest BCUT2D eigenvalue weighted by Crippen LogP contribution is -2.59. The maximum absolute atomic E-state index is 12.3. The molecule has 1 amide bonds. The zero-order valence-corrected chi connectivity index (χ0v) is 19.0. The number of Topliss-reactive ketones (excluding diaryl/α,β-unsaturated/α-hetero) is 1. The molecule has 0 aliphatic carbocycles. The molecule has 2 saturated heterocycles. The third-order valence-corrected chi connectivity index (χ3v) is 4.91. The number of likely N-dealkylation sites (tertiary alicyclic amines) is 1. The van der Waals surface area contributed by atoms with Crippen molar-refractivity contribution in [1.82, 2.24) is 15.5 Å². The fourth-order valence-electron chi connectivity index (χ4n) is 3.38. The molecular weight excluding hydrogens is 398 g/mol. The summed E-state index contributed by atoms with van der Waals surface area (Å²) in [7, 11) is 0. The monoisotopic (exact) mass is 437 g/mol. The van der Waals surface area contributed by atoms with E-state index < -0.39 is 11.3 Å². The summed E-state index contributed by atoms with van der Waals surface area (Å²) in [5.41, 5.74) is 2.61. The average molecular weight is 438 g/mol. The molecule has 1 spiro atoms. The van der Waals surface area contributed by atoms with Gasteiger partial charge < -0.3 is 19.2 Å². The Morgan fingerprint density at radius 3 is 2.16 bits per heavy atom. The van der Waals surface area contributed by atoms with Crippen LogP contribution in [0.1, 0.15) is 72.2 Å². The van der Waals surface area contributed by atoms with Crippen molar-refractivity contribution in [2.24, 2.45) is 0 Å². The number of piperidine rings is 1. The van der Waals surface area contributed by atoms with Gasteiger partial charge in [0.25, 0.3) is 0 Å². The smallest absolute Gasteiger partial charge is 0.410 e. The van der Waals surface area contributed by atoms with Gasteiger partial charge in [0, 0.05) is 38.0 Å². The second kappa shape index (κ2) is 11.5. The van der Waals surface area contributed by atoms with Gasteiger partial charge in [-0.25, -0.2) is 4.79 Å². The number of amides is 1. The first-order chi connectivity index (χ1) is 14.2. The Balaban J connectivity index is 0.00000156. The number of hydrogen-bond acceptors (Lipinski definition) is 7. The topological polar surface area (TPSA) is 80.3 Å². The van der Waals surface area contributed by atoms with Gasteiger partial charge >= 0.3 is 6.09 Å². The number of nitrogens with one attached hydrogen (secondary N) is 1. The van der Waals surface area contributed by atoms with Crippen molar-refractivity contribution in [2.45, 2.75) is 73.1 Å². The molecule has 2 aliphatic rings. The molecule has 0 atom stereocenters. The quantitative estimate of drug-likeness (QED) is 0.552. The summed E-state index contributed by atoms with van der Waals surface area (Å²) >= 11 is 0. The van der Waals surface area contributed by atoms with Gasteiger partial charge in [0.15, 0.2) is 5.78 Å². The summed E-state index contributed by atoms with van der Waals surface area (Å²) in [6, 6.07) is 6.96. The lowest BCUT2D eigenvalue weighted by Gasteiger charge is -2.43. The number of rotatable bonds is 4. The Labute approximate surface area is 186 Å². The minimum absolute atomic E-state index is 0. The fourth-order valence-corrected chi connectivity index (χ4v) is 3.38. The molecule has 2 fully saturated rings. The van der Waals surface area contributed by atoms with Crippen molar-refractivity contribution in [1.29, 1.82) is 0 Å². The van der Waals surface area contributed by atoms with Crippen molar-refractivity contribution in [3.05, 3.63) is 29.8 Å². The molecule has 0 radical (unpaired) electrons. The van der Waals surface area contributed by atoms with E-state index in [2.05, 4.69) is 5.59 Å². The van der Waals surface area contributed by atoms with E-state index in [4.69, 9.17) is 14.3 Å². The van der Waals surface area contributed by atoms with E-state index in [1.54, 1.807) is 29.2 Å². The molecule has 1 N–H and O–H groups in total. The molecule has 8 nitrogen and oxygen atoms in total. The first-order valence-electron chi connectivity index (χ1n) is 10.6. The van der Waals surface area contributed by atoms with Crippen LogP contribution < -0.4 is 10.4 Å². The molecular formula is C23H39N3O5. The van der Waals surface area contributed by atoms with Crippen LogP contribution in [0.2, 0.25) is 0 Å². The standard InChI is InChI=1S/C20H29N3O5.C2H6.CH4/c1-15(24)16-5-7-17(8-6-16)28-21-23-13-14-26-20(23)9-11-22(12-10-20)18(25)27-19(2,3)4;1-2;/h5-8,21H,9-14H2,1-4H3;1-2H3;1H4. The number of ether oxygens (including phenoxy) is 2. The lowest BCUT2D eigenvalue weighted by molar-refractivity contribution is -0.171. The van der Waals surface area contributed by atoms with Crippen LogP contribution in [0.15, 0.2) is 24.3 Å². The highest BCUT2D eigenvalue weighted by Crippen LogP contribution is 2.33. The predicted molar refractivity (Wildman–Crippen MR) is 121 cm³/mol. The molecule has 1 aromatic carbocycles. The zero-order valence-electron chi connectivity index (χ0n) is 19.0. The average Bonchev–Trinajstić information content (AvgIpc) is 3.09. The van der Waals surface area contributed by atoms with E-state index in [9.17, 15) is 9.59 Å². The van der Waals surface area contributed by atoms with E-state index in [-0.39, 0.29) is 19.3 Å². The predicted octanol–water partition coefficient (Wildman–Crippen LogP) is 4.41. The first kappa shape index (κ1) is 26.9. The number of carbonyl (C=O) groups is 2. The van der Waals surface area contributed by atoms with Gasteiger partial charge in [0.1, 0.15) is 17.1 Å². The molecule has 0 unspecified atom stereocenters. The van der Waals surface area contributed by atoms with Crippen molar-refractivity contribution in [3.8, 4) is 5.75 Å². The third kappa shape index (κ3) is 7.19. The number of carbonyl (C=O) groups excluding carboxylic acids is 2. The maximum Gasteiger partial charge on any atom is 0.410 e. The van der Waals surface area contributed by atoms with Crippen LogP contribution in [0, 0.1) is 0 Å². The normalized spacial score (nSPS) is 17.9. The summed E-state index contributed by atoms with van der Waals surface area (Å²) < 4.78 is 11.5. The van der Waals surface area contributed by atoms with Crippen molar-refractivity contribution in [3.63, 3.8) is 0 Å². The van der Waals surface area contributed by atoms with Gasteiger partial charge in [-0.2, -0.15) is 5.01 Å². The Kier molecular flexibility index (Phi) is 9.93. The van der Waals surface area contributed by atoms with Crippen LogP contribution in [-0.2, 0) is 9.47 Å². The van der Waals surface area contributed by atoms with E-state index in [0.29, 0.717) is 50.4 Å². The van der Waals surface area contributed by atoms with Crippen LogP contribution in [-0.4, -0.2) is 59.4 Å². The molecule has 2 heterocycles. The SMILES string of the molecule is C.CC.CC(=O)c1ccc(ONN2CCOC23CCN(C(=O)OC(C)(C)C)CC3)cc1. The van der Waals surface area contributed by atoms with Crippen LogP contribution >= 0.6 is 0 Å². The number of benzene rings is 1. The molecule has 2 aliphatic heterocycles. The van der Waals surface area contributed by atoms with Crippen LogP contribution in [0.3, 0.4) is 0 Å². The molecule has 3 rings (SSSR count). The molecule has 8 heteroatoms. The number of ketones is 1. The van der Waals surface area contributed by atoms with E-state index in [0.717, 1.165) is 0 Å². The zero-order chi connectivity index (χ0) is 22.4. The van der Waals surface area contributed by atoms with Crippen LogP contribution in [0.25, 0.3) is 0 Å². The first-order valence-corrected chi connectivity index (χ1v) is 10.6. The van der Waals surface area contributed by atoms with Crippen LogP contribution in [0.4, 0.5) is 4.79 Å². The minimum Gasteiger partial charge on any atom is -0.444 e. The second-order valence-corrected chi connectivity index (χ2v) is 8.19. The highest BCUT2D eigenvalue weighted by molar-refractivity contribution is 5.94. The number of hydrazine groups is 1. The van der Waals surface area contributed by atoms with Crippen molar-refractivity contribution in [2.75, 3.05) is 26.2 Å². The highest BCUT2D eigenvalue weighted by atomic mass is 16.7. The summed E-state index contributed by atoms with van der Waals surface area (Å²) in [5, 5.41) is 1.94. The third-order valence-electron chi connectivity index (χ3n) is 4.91. The van der Waals surface area contributed by atoms with Gasteiger partial charge in [-0.3, -0.25) is 4.79 Å². The van der Waals surface area contributed by atoms with E-state index in [1.807, 2.05) is 39.6 Å². The Morgan fingerprint density at radius 2 is 1.65 bits per heavy atom. The molecule has 176 valence electrons. The molecule has 0 aromatic heterocycles. The van der Waals surface area contributed by atoms with E-state index in [1.165, 1.54) is 6.92 Å². The summed E-state index contributed by atoms with van der Waals surface area (Å²) in [6.45, 7) is 13.5. The van der Waals surface area contributed by atoms with E-state index >= 15 is 0 Å². The largest absolute Gasteiger partial charge is 0.444 e. The fraction of sp³-hybridized carbons (Fsp3) is 0.652. The molecule has 1 aromatic rings. The number of nitrogens with zero attached hydrogens (tertiary/aromatic N) is 2. The Hall–Kier alpha value is -2.16. The molecule has 0 bridgehead atoms. The van der Waals surface area contributed by atoms with Crippen LogP contribution in [0.5, 0.6) is 5.75 Å². The van der Waals surface area contributed by atoms with Gasteiger partial charge in [-0.15, -0.1) is 0 Å². The summed E-state index contributed by atoms with van der Waals surface area (Å²) in [4.78, 5) is 31.0. The van der Waals surface area contributed by atoms with Gasteiger partial charge in [-0.05, 0) is 52.0 Å². The van der Waals surface area contributed by atoms with Crippen molar-refractivity contribution < 1.29 is 23.9 Å². The minimum atomic E-state index is -0.505. The summed E-state index contributed by atoms with van der Waals surface area (Å²) in [6.07, 6.45) is 1.03. The van der Waals surface area contributed by atoms with Crippen molar-refractivity contribution >= 4 is 11.9 Å². The Bertz CT molecular complexity index is 707. The Morgan fingerprint density at radius 1 is 1.06 bits per heavy atom. The highest BCUT2D eigenvalue weighted by Gasteiger charge is 2.46.